The third kappa shape index (κ3) is 3.64. The number of quaternary nitrogens is 2. The highest BCUT2D eigenvalue weighted by Gasteiger charge is 2.23. The van der Waals surface area contributed by atoms with Crippen molar-refractivity contribution in [2.45, 2.75) is 13.1 Å². The first kappa shape index (κ1) is 15.3. The van der Waals surface area contributed by atoms with Crippen LogP contribution >= 0.6 is 0 Å². The van der Waals surface area contributed by atoms with E-state index in [9.17, 15) is 0 Å². The second-order valence-electron chi connectivity index (χ2n) is 6.86. The van der Waals surface area contributed by atoms with Gasteiger partial charge in [0.1, 0.15) is 39.3 Å². The van der Waals surface area contributed by atoms with Crippen molar-refractivity contribution in [1.29, 1.82) is 0 Å². The van der Waals surface area contributed by atoms with Crippen molar-refractivity contribution in [1.82, 2.24) is 4.98 Å². The number of hydrogen-bond donors (Lipinski definition) is 2. The molecule has 1 aliphatic rings. The molecule has 0 saturated carbocycles. The number of aromatic nitrogens is 1. The number of rotatable bonds is 4. The summed E-state index contributed by atoms with van der Waals surface area (Å²) in [7, 11) is 0. The van der Waals surface area contributed by atoms with Gasteiger partial charge in [-0.25, -0.2) is 0 Å². The van der Waals surface area contributed by atoms with Gasteiger partial charge in [0.05, 0.1) is 5.69 Å². The van der Waals surface area contributed by atoms with Gasteiger partial charge in [0.15, 0.2) is 0 Å². The molecular formula is C21H25N3+2. The molecule has 2 aromatic carbocycles. The molecule has 0 bridgehead atoms. The van der Waals surface area contributed by atoms with Gasteiger partial charge < -0.3 is 9.80 Å². The van der Waals surface area contributed by atoms with Crippen LogP contribution in [0.25, 0.3) is 10.8 Å². The average Bonchev–Trinajstić information content (AvgIpc) is 2.64. The molecule has 3 aromatic rings. The molecule has 1 aromatic heterocycles. The molecule has 1 saturated heterocycles. The first-order valence-corrected chi connectivity index (χ1v) is 8.91. The van der Waals surface area contributed by atoms with Crippen molar-refractivity contribution < 1.29 is 9.80 Å². The molecule has 0 aliphatic carbocycles. The van der Waals surface area contributed by atoms with E-state index in [1.165, 1.54) is 48.2 Å². The second kappa shape index (κ2) is 7.12. The summed E-state index contributed by atoms with van der Waals surface area (Å²) in [6.07, 6.45) is 1.90. The predicted octanol–water partition coefficient (Wildman–Crippen LogP) is 0.718. The molecule has 0 amide bonds. The smallest absolute Gasteiger partial charge is 0.127 e. The second-order valence-corrected chi connectivity index (χ2v) is 6.86. The Morgan fingerprint density at radius 2 is 1.42 bits per heavy atom. The summed E-state index contributed by atoms with van der Waals surface area (Å²) in [4.78, 5) is 7.83. The molecule has 122 valence electrons. The molecule has 2 heterocycles. The van der Waals surface area contributed by atoms with Crippen molar-refractivity contribution in [3.63, 3.8) is 0 Å². The highest BCUT2D eigenvalue weighted by atomic mass is 15.3. The molecule has 3 heteroatoms. The Balaban J connectivity index is 1.34. The summed E-state index contributed by atoms with van der Waals surface area (Å²) >= 11 is 0. The van der Waals surface area contributed by atoms with Crippen LogP contribution in [-0.4, -0.2) is 31.2 Å². The fourth-order valence-electron chi connectivity index (χ4n) is 3.71. The van der Waals surface area contributed by atoms with Crippen LogP contribution in [0, 0.1) is 0 Å². The molecule has 24 heavy (non-hydrogen) atoms. The maximum Gasteiger partial charge on any atom is 0.127 e. The van der Waals surface area contributed by atoms with Gasteiger partial charge in [0, 0.05) is 11.8 Å². The Labute approximate surface area is 143 Å². The van der Waals surface area contributed by atoms with Gasteiger partial charge >= 0.3 is 0 Å². The maximum absolute atomic E-state index is 4.46. The van der Waals surface area contributed by atoms with Crippen molar-refractivity contribution >= 4 is 10.8 Å². The standard InChI is InChI=1S/C21H23N3/c1-2-6-20-15-18(8-9-19(20)5-1)16-23-11-13-24(14-12-23)17-21-7-3-4-10-22-21/h1-10,15H,11-14,16-17H2/p+2. The minimum Gasteiger partial charge on any atom is -0.322 e. The number of nitrogens with zero attached hydrogens (tertiary/aromatic N) is 1. The zero-order chi connectivity index (χ0) is 16.2. The van der Waals surface area contributed by atoms with E-state index in [0.717, 1.165) is 13.1 Å². The number of benzene rings is 2. The summed E-state index contributed by atoms with van der Waals surface area (Å²) in [5, 5.41) is 2.69. The Morgan fingerprint density at radius 1 is 0.708 bits per heavy atom. The number of pyridine rings is 1. The van der Waals surface area contributed by atoms with Crippen molar-refractivity contribution in [3.05, 3.63) is 78.1 Å². The van der Waals surface area contributed by atoms with Crippen LogP contribution in [0.4, 0.5) is 0 Å². The summed E-state index contributed by atoms with van der Waals surface area (Å²) in [6, 6.07) is 21.8. The zero-order valence-corrected chi connectivity index (χ0v) is 14.0. The van der Waals surface area contributed by atoms with Crippen LogP contribution in [0.3, 0.4) is 0 Å². The largest absolute Gasteiger partial charge is 0.322 e. The van der Waals surface area contributed by atoms with Crippen molar-refractivity contribution in [3.8, 4) is 0 Å². The van der Waals surface area contributed by atoms with Gasteiger partial charge in [-0.2, -0.15) is 0 Å². The van der Waals surface area contributed by atoms with E-state index >= 15 is 0 Å². The third-order valence-corrected chi connectivity index (χ3v) is 5.09. The summed E-state index contributed by atoms with van der Waals surface area (Å²) in [6.45, 7) is 7.16. The van der Waals surface area contributed by atoms with Crippen LogP contribution in [0.1, 0.15) is 11.3 Å². The van der Waals surface area contributed by atoms with Crippen LogP contribution < -0.4 is 9.80 Å². The lowest BCUT2D eigenvalue weighted by Gasteiger charge is -2.29. The van der Waals surface area contributed by atoms with Gasteiger partial charge in [0.25, 0.3) is 0 Å². The molecule has 4 rings (SSSR count). The van der Waals surface area contributed by atoms with Crippen LogP contribution in [0.5, 0.6) is 0 Å². The van der Waals surface area contributed by atoms with Crippen LogP contribution in [0.15, 0.2) is 66.9 Å². The van der Waals surface area contributed by atoms with Crippen molar-refractivity contribution in [2.24, 2.45) is 0 Å². The minimum atomic E-state index is 1.06. The molecule has 0 atom stereocenters. The Morgan fingerprint density at radius 3 is 2.17 bits per heavy atom. The summed E-state index contributed by atoms with van der Waals surface area (Å²) in [5.41, 5.74) is 2.67. The fourth-order valence-corrected chi connectivity index (χ4v) is 3.71. The van der Waals surface area contributed by atoms with Crippen LogP contribution in [0.2, 0.25) is 0 Å². The summed E-state index contributed by atoms with van der Waals surface area (Å²) < 4.78 is 0. The first-order valence-electron chi connectivity index (χ1n) is 8.91. The quantitative estimate of drug-likeness (QED) is 0.727. The van der Waals surface area contributed by atoms with E-state index in [-0.39, 0.29) is 0 Å². The maximum atomic E-state index is 4.46. The fraction of sp³-hybridized carbons (Fsp3) is 0.286. The number of fused-ring (bicyclic) bond motifs is 1. The van der Waals surface area contributed by atoms with Gasteiger partial charge in [0.2, 0.25) is 0 Å². The van der Waals surface area contributed by atoms with Gasteiger partial charge in [-0.3, -0.25) is 4.98 Å². The molecular weight excluding hydrogens is 294 g/mol. The number of hydrogen-bond acceptors (Lipinski definition) is 1. The summed E-state index contributed by atoms with van der Waals surface area (Å²) in [5.74, 6) is 0. The topological polar surface area (TPSA) is 21.8 Å². The molecule has 1 fully saturated rings. The number of piperazine rings is 1. The first-order chi connectivity index (χ1) is 11.9. The van der Waals surface area contributed by atoms with E-state index in [1.807, 2.05) is 12.3 Å². The van der Waals surface area contributed by atoms with E-state index < -0.39 is 0 Å². The SMILES string of the molecule is c1ccc(C[NH+]2CC[NH+](Cc3ccc4ccccc4c3)CC2)nc1. The normalized spacial score (nSPS) is 21.0. The third-order valence-electron chi connectivity index (χ3n) is 5.09. The van der Waals surface area contributed by atoms with Crippen LogP contribution in [-0.2, 0) is 13.1 Å². The minimum absolute atomic E-state index is 1.06. The lowest BCUT2D eigenvalue weighted by molar-refractivity contribution is -1.02. The van der Waals surface area contributed by atoms with E-state index in [4.69, 9.17) is 0 Å². The zero-order valence-electron chi connectivity index (χ0n) is 14.0. The lowest BCUT2D eigenvalue weighted by Crippen LogP contribution is -3.27. The molecule has 2 N–H and O–H groups in total. The van der Waals surface area contributed by atoms with Gasteiger partial charge in [-0.15, -0.1) is 0 Å². The Hall–Kier alpha value is -2.23. The molecule has 0 spiro atoms. The van der Waals surface area contributed by atoms with Gasteiger partial charge in [-0.1, -0.05) is 42.5 Å². The monoisotopic (exact) mass is 319 g/mol. The highest BCUT2D eigenvalue weighted by Crippen LogP contribution is 2.14. The average molecular weight is 319 g/mol. The van der Waals surface area contributed by atoms with E-state index in [1.54, 1.807) is 9.80 Å². The van der Waals surface area contributed by atoms with Gasteiger partial charge in [-0.05, 0) is 29.0 Å². The lowest BCUT2D eigenvalue weighted by atomic mass is 10.1. The Bertz CT molecular complexity index is 792. The molecule has 0 radical (unpaired) electrons. The van der Waals surface area contributed by atoms with E-state index in [0.29, 0.717) is 0 Å². The highest BCUT2D eigenvalue weighted by molar-refractivity contribution is 5.82. The molecule has 3 nitrogen and oxygen atoms in total. The molecule has 0 unspecified atom stereocenters. The predicted molar refractivity (Wildman–Crippen MR) is 97.0 cm³/mol. The van der Waals surface area contributed by atoms with E-state index in [2.05, 4.69) is 59.6 Å². The van der Waals surface area contributed by atoms with Crippen molar-refractivity contribution in [2.75, 3.05) is 26.2 Å². The Kier molecular flexibility index (Phi) is 4.54. The molecule has 1 aliphatic heterocycles. The number of nitrogens with one attached hydrogen (secondary N) is 2.